The standard InChI is InChI=1S/C22H23F3O2.C22H21F3O2.2CH4/c2*1-22(2)10-4-5-18(22)16-12-14(21(26)27-3)6-8-15(16)17-11-13(20(24)25)7-9-19(17)23;;/h6-9,11-12,18,20H,4-5,10H2,1-3H3;5-9,11-12,20H,4,10H2,1-3H3;2*1H4. The maximum absolute atomic E-state index is 14.6. The predicted octanol–water partition coefficient (Wildman–Crippen LogP) is 14.2. The van der Waals surface area contributed by atoms with Crippen LogP contribution in [0.3, 0.4) is 0 Å². The minimum atomic E-state index is -2.69. The number of esters is 2. The Labute approximate surface area is 326 Å². The van der Waals surface area contributed by atoms with Gasteiger partial charge >= 0.3 is 11.9 Å². The fraction of sp³-hybridized carbons (Fsp3) is 0.391. The lowest BCUT2D eigenvalue weighted by atomic mass is 9.75. The SMILES string of the molecule is C.C.COC(=O)c1ccc(-c2cc(C(F)F)ccc2F)c(C2=CCCC2(C)C)c1.COC(=O)c1ccc(-c2cc(C(F)F)ccc2F)c(C2CCCC2(C)C)c1. The van der Waals surface area contributed by atoms with Crippen LogP contribution < -0.4 is 0 Å². The molecule has 6 rings (SSSR count). The molecule has 0 radical (unpaired) electrons. The average Bonchev–Trinajstić information content (AvgIpc) is 3.69. The monoisotopic (exact) mass is 782 g/mol. The third kappa shape index (κ3) is 9.56. The van der Waals surface area contributed by atoms with E-state index in [9.17, 15) is 35.9 Å². The quantitative estimate of drug-likeness (QED) is 0.132. The number of hydrogen-bond donors (Lipinski definition) is 0. The van der Waals surface area contributed by atoms with E-state index < -0.39 is 36.4 Å². The molecule has 302 valence electrons. The molecule has 1 atom stereocenters. The Morgan fingerprint density at radius 1 is 0.643 bits per heavy atom. The molecule has 4 aromatic carbocycles. The molecule has 1 fully saturated rings. The molecule has 2 aliphatic carbocycles. The van der Waals surface area contributed by atoms with Crippen LogP contribution in [0.1, 0.15) is 136 Å². The number of rotatable bonds is 8. The lowest BCUT2D eigenvalue weighted by Crippen LogP contribution is -2.17. The van der Waals surface area contributed by atoms with Crippen molar-refractivity contribution in [2.75, 3.05) is 14.2 Å². The minimum Gasteiger partial charge on any atom is -0.465 e. The van der Waals surface area contributed by atoms with Gasteiger partial charge in [0.1, 0.15) is 11.6 Å². The Morgan fingerprint density at radius 3 is 1.59 bits per heavy atom. The summed E-state index contributed by atoms with van der Waals surface area (Å²) in [6, 6.07) is 16.4. The normalized spacial score (nSPS) is 16.6. The van der Waals surface area contributed by atoms with E-state index in [1.165, 1.54) is 32.4 Å². The van der Waals surface area contributed by atoms with Crippen molar-refractivity contribution in [1.82, 2.24) is 0 Å². The molecule has 0 N–H and O–H groups in total. The molecule has 0 spiro atoms. The lowest BCUT2D eigenvalue weighted by molar-refractivity contribution is 0.0591. The molecule has 0 aliphatic heterocycles. The first kappa shape index (κ1) is 45.5. The van der Waals surface area contributed by atoms with Crippen molar-refractivity contribution >= 4 is 17.5 Å². The van der Waals surface area contributed by atoms with Gasteiger partial charge in [-0.15, -0.1) is 0 Å². The van der Waals surface area contributed by atoms with Crippen LogP contribution >= 0.6 is 0 Å². The van der Waals surface area contributed by atoms with Crippen LogP contribution in [0, 0.1) is 22.5 Å². The predicted molar refractivity (Wildman–Crippen MR) is 211 cm³/mol. The number of methoxy groups -OCH3 is 2. The molecule has 4 aromatic rings. The van der Waals surface area contributed by atoms with E-state index in [0.29, 0.717) is 27.8 Å². The molecular weight excluding hydrogens is 730 g/mol. The molecular formula is C46H52F6O4. The van der Waals surface area contributed by atoms with Crippen LogP contribution in [0.15, 0.2) is 78.9 Å². The lowest BCUT2D eigenvalue weighted by Gasteiger charge is -2.29. The van der Waals surface area contributed by atoms with E-state index in [1.54, 1.807) is 30.3 Å². The van der Waals surface area contributed by atoms with Crippen molar-refractivity contribution in [3.05, 3.63) is 124 Å². The second-order valence-electron chi connectivity index (χ2n) is 15.1. The summed E-state index contributed by atoms with van der Waals surface area (Å²) in [7, 11) is 2.60. The van der Waals surface area contributed by atoms with Gasteiger partial charge in [0, 0.05) is 22.3 Å². The number of ether oxygens (including phenoxy) is 2. The van der Waals surface area contributed by atoms with Crippen molar-refractivity contribution < 1.29 is 45.4 Å². The molecule has 0 aromatic heterocycles. The molecule has 1 saturated carbocycles. The molecule has 0 bridgehead atoms. The number of carbonyl (C=O) groups is 2. The highest BCUT2D eigenvalue weighted by Crippen LogP contribution is 2.52. The third-order valence-electron chi connectivity index (χ3n) is 10.7. The number of hydrogen-bond acceptors (Lipinski definition) is 4. The zero-order chi connectivity index (χ0) is 39.5. The molecule has 1 unspecified atom stereocenters. The van der Waals surface area contributed by atoms with Gasteiger partial charge in [-0.1, -0.05) is 79.3 Å². The van der Waals surface area contributed by atoms with Crippen molar-refractivity contribution in [3.63, 3.8) is 0 Å². The van der Waals surface area contributed by atoms with Gasteiger partial charge in [0.25, 0.3) is 12.9 Å². The molecule has 0 heterocycles. The Hall–Kier alpha value is -4.86. The summed E-state index contributed by atoms with van der Waals surface area (Å²) in [5.41, 5.74) is 3.81. The highest BCUT2D eigenvalue weighted by molar-refractivity contribution is 5.94. The van der Waals surface area contributed by atoms with Crippen LogP contribution in [-0.2, 0) is 9.47 Å². The summed E-state index contributed by atoms with van der Waals surface area (Å²) in [4.78, 5) is 24.0. The second kappa shape index (κ2) is 18.4. The van der Waals surface area contributed by atoms with E-state index in [0.717, 1.165) is 67.5 Å². The van der Waals surface area contributed by atoms with Crippen molar-refractivity contribution in [2.24, 2.45) is 10.8 Å². The molecule has 0 amide bonds. The zero-order valence-corrected chi connectivity index (χ0v) is 31.2. The first-order chi connectivity index (χ1) is 25.5. The van der Waals surface area contributed by atoms with Gasteiger partial charge < -0.3 is 9.47 Å². The van der Waals surface area contributed by atoms with Gasteiger partial charge in [-0.2, -0.15) is 0 Å². The Balaban J connectivity index is 0.000000290. The number of carbonyl (C=O) groups excluding carboxylic acids is 2. The van der Waals surface area contributed by atoms with Gasteiger partial charge in [0.2, 0.25) is 0 Å². The Kier molecular flexibility index (Phi) is 15.0. The zero-order valence-electron chi connectivity index (χ0n) is 31.2. The van der Waals surface area contributed by atoms with Gasteiger partial charge in [-0.3, -0.25) is 0 Å². The molecule has 4 nitrogen and oxygen atoms in total. The maximum atomic E-state index is 14.6. The Bertz CT molecular complexity index is 2070. The topological polar surface area (TPSA) is 52.6 Å². The summed E-state index contributed by atoms with van der Waals surface area (Å²) >= 11 is 0. The van der Waals surface area contributed by atoms with Gasteiger partial charge in [-0.05, 0) is 119 Å². The highest BCUT2D eigenvalue weighted by Gasteiger charge is 2.37. The molecule has 10 heteroatoms. The summed E-state index contributed by atoms with van der Waals surface area (Å²) in [6.45, 7) is 8.44. The van der Waals surface area contributed by atoms with E-state index >= 15 is 0 Å². The minimum absolute atomic E-state index is 0. The second-order valence-corrected chi connectivity index (χ2v) is 15.1. The third-order valence-corrected chi connectivity index (χ3v) is 10.7. The molecule has 0 saturated heterocycles. The van der Waals surface area contributed by atoms with Crippen LogP contribution in [0.2, 0.25) is 0 Å². The summed E-state index contributed by atoms with van der Waals surface area (Å²) < 4.78 is 91.3. The van der Waals surface area contributed by atoms with Crippen molar-refractivity contribution in [1.29, 1.82) is 0 Å². The molecule has 56 heavy (non-hydrogen) atoms. The van der Waals surface area contributed by atoms with Crippen LogP contribution in [-0.4, -0.2) is 26.2 Å². The largest absolute Gasteiger partial charge is 0.465 e. The van der Waals surface area contributed by atoms with Crippen LogP contribution in [0.5, 0.6) is 0 Å². The average molecular weight is 783 g/mol. The Morgan fingerprint density at radius 2 is 1.14 bits per heavy atom. The first-order valence-electron chi connectivity index (χ1n) is 17.8. The maximum Gasteiger partial charge on any atom is 0.337 e. The summed E-state index contributed by atoms with van der Waals surface area (Å²) in [6.07, 6.45) is 1.43. The van der Waals surface area contributed by atoms with E-state index in [4.69, 9.17) is 9.47 Å². The number of benzene rings is 4. The van der Waals surface area contributed by atoms with Gasteiger partial charge in [-0.25, -0.2) is 35.9 Å². The smallest absolute Gasteiger partial charge is 0.337 e. The summed E-state index contributed by atoms with van der Waals surface area (Å²) in [5.74, 6) is -2.00. The molecule has 2 aliphatic rings. The fourth-order valence-corrected chi connectivity index (χ4v) is 7.72. The summed E-state index contributed by atoms with van der Waals surface area (Å²) in [5, 5.41) is 0. The number of allylic oxidation sites excluding steroid dienone is 2. The van der Waals surface area contributed by atoms with Gasteiger partial charge in [0.15, 0.2) is 0 Å². The van der Waals surface area contributed by atoms with E-state index in [-0.39, 0.29) is 53.9 Å². The highest BCUT2D eigenvalue weighted by atomic mass is 19.3. The first-order valence-corrected chi connectivity index (χ1v) is 17.8. The van der Waals surface area contributed by atoms with Crippen LogP contribution in [0.4, 0.5) is 26.3 Å². The van der Waals surface area contributed by atoms with Crippen molar-refractivity contribution in [2.45, 2.75) is 93.4 Å². The van der Waals surface area contributed by atoms with Crippen molar-refractivity contribution in [3.8, 4) is 22.3 Å². The van der Waals surface area contributed by atoms with E-state index in [1.807, 2.05) is 0 Å². The van der Waals surface area contributed by atoms with Gasteiger partial charge in [0.05, 0.1) is 25.3 Å². The fourth-order valence-electron chi connectivity index (χ4n) is 7.72. The van der Waals surface area contributed by atoms with Crippen LogP contribution in [0.25, 0.3) is 27.8 Å². The number of alkyl halides is 4. The van der Waals surface area contributed by atoms with E-state index in [2.05, 4.69) is 33.8 Å². The number of halogens is 6.